The van der Waals surface area contributed by atoms with Crippen LogP contribution in [0.5, 0.6) is 5.75 Å². The van der Waals surface area contributed by atoms with Gasteiger partial charge >= 0.3 is 0 Å². The van der Waals surface area contributed by atoms with Crippen LogP contribution in [0.1, 0.15) is 43.4 Å². The fourth-order valence-corrected chi connectivity index (χ4v) is 2.91. The van der Waals surface area contributed by atoms with E-state index in [1.807, 2.05) is 30.3 Å². The van der Waals surface area contributed by atoms with Gasteiger partial charge in [0.25, 0.3) is 0 Å². The lowest BCUT2D eigenvalue weighted by molar-refractivity contribution is -0.0181. The van der Waals surface area contributed by atoms with Gasteiger partial charge < -0.3 is 9.47 Å². The summed E-state index contributed by atoms with van der Waals surface area (Å²) in [6, 6.07) is 18.6. The smallest absolute Gasteiger partial charge is 0.119 e. The summed E-state index contributed by atoms with van der Waals surface area (Å²) in [5, 5.41) is 0. The monoisotopic (exact) mass is 296 g/mol. The Hall–Kier alpha value is -1.80. The summed E-state index contributed by atoms with van der Waals surface area (Å²) in [5.74, 6) is 1.65. The summed E-state index contributed by atoms with van der Waals surface area (Å²) in [6.07, 6.45) is 3.88. The van der Waals surface area contributed by atoms with Crippen molar-refractivity contribution in [2.75, 3.05) is 6.61 Å². The molecule has 1 aliphatic rings. The average molecular weight is 296 g/mol. The van der Waals surface area contributed by atoms with Gasteiger partial charge in [-0.25, -0.2) is 0 Å². The van der Waals surface area contributed by atoms with E-state index in [0.29, 0.717) is 6.61 Å². The topological polar surface area (TPSA) is 18.5 Å². The summed E-state index contributed by atoms with van der Waals surface area (Å²) < 4.78 is 11.8. The lowest BCUT2D eigenvalue weighted by Gasteiger charge is -2.28. The second-order valence-electron chi connectivity index (χ2n) is 6.02. The molecule has 2 aromatic carbocycles. The molecule has 1 fully saturated rings. The van der Waals surface area contributed by atoms with Crippen molar-refractivity contribution in [2.45, 2.75) is 38.9 Å². The van der Waals surface area contributed by atoms with Gasteiger partial charge in [-0.3, -0.25) is 0 Å². The van der Waals surface area contributed by atoms with Crippen molar-refractivity contribution in [3.8, 4) is 5.75 Å². The van der Waals surface area contributed by atoms with Gasteiger partial charge in [0, 0.05) is 0 Å². The van der Waals surface area contributed by atoms with Gasteiger partial charge in [0.15, 0.2) is 0 Å². The normalized spacial score (nSPS) is 21.5. The highest BCUT2D eigenvalue weighted by molar-refractivity contribution is 5.29. The van der Waals surface area contributed by atoms with Crippen LogP contribution in [0, 0.1) is 5.92 Å². The molecule has 1 aliphatic heterocycles. The van der Waals surface area contributed by atoms with Gasteiger partial charge in [0.1, 0.15) is 12.4 Å². The van der Waals surface area contributed by atoms with Crippen LogP contribution in [0.3, 0.4) is 0 Å². The third-order valence-electron chi connectivity index (χ3n) is 4.45. The SMILES string of the molecule is CC[C@H]1CC[C@H](c2ccc(OCc3ccccc3)cc2)OC1. The predicted molar refractivity (Wildman–Crippen MR) is 88.9 cm³/mol. The number of hydrogen-bond donors (Lipinski definition) is 0. The van der Waals surface area contributed by atoms with Crippen LogP contribution in [-0.4, -0.2) is 6.61 Å². The number of benzene rings is 2. The van der Waals surface area contributed by atoms with E-state index in [2.05, 4.69) is 31.2 Å². The first kappa shape index (κ1) is 15.1. The minimum absolute atomic E-state index is 0.256. The van der Waals surface area contributed by atoms with Crippen molar-refractivity contribution < 1.29 is 9.47 Å². The van der Waals surface area contributed by atoms with E-state index in [4.69, 9.17) is 9.47 Å². The molecule has 0 bridgehead atoms. The lowest BCUT2D eigenvalue weighted by Crippen LogP contribution is -2.20. The quantitative estimate of drug-likeness (QED) is 0.760. The minimum atomic E-state index is 0.256. The molecule has 0 aliphatic carbocycles. The average Bonchev–Trinajstić information content (AvgIpc) is 2.61. The van der Waals surface area contributed by atoms with E-state index in [1.165, 1.54) is 24.0 Å². The van der Waals surface area contributed by atoms with Gasteiger partial charge in [-0.1, -0.05) is 55.8 Å². The van der Waals surface area contributed by atoms with E-state index in [-0.39, 0.29) is 6.10 Å². The lowest BCUT2D eigenvalue weighted by atomic mass is 9.93. The van der Waals surface area contributed by atoms with E-state index in [0.717, 1.165) is 24.7 Å². The van der Waals surface area contributed by atoms with Crippen LogP contribution in [0.15, 0.2) is 54.6 Å². The summed E-state index contributed by atoms with van der Waals surface area (Å²) in [7, 11) is 0. The van der Waals surface area contributed by atoms with Crippen LogP contribution >= 0.6 is 0 Å². The van der Waals surface area contributed by atoms with Crippen molar-refractivity contribution in [1.82, 2.24) is 0 Å². The molecule has 2 heteroatoms. The third kappa shape index (κ3) is 3.89. The second-order valence-corrected chi connectivity index (χ2v) is 6.02. The van der Waals surface area contributed by atoms with Crippen LogP contribution in [0.2, 0.25) is 0 Å². The largest absolute Gasteiger partial charge is 0.489 e. The summed E-state index contributed by atoms with van der Waals surface area (Å²) in [4.78, 5) is 0. The fraction of sp³-hybridized carbons (Fsp3) is 0.400. The van der Waals surface area contributed by atoms with Crippen LogP contribution in [-0.2, 0) is 11.3 Å². The first-order valence-corrected chi connectivity index (χ1v) is 8.23. The zero-order valence-corrected chi connectivity index (χ0v) is 13.2. The number of hydrogen-bond acceptors (Lipinski definition) is 2. The molecule has 0 unspecified atom stereocenters. The van der Waals surface area contributed by atoms with Crippen molar-refractivity contribution in [3.05, 3.63) is 65.7 Å². The molecule has 2 aromatic rings. The molecular formula is C20H24O2. The Labute approximate surface area is 133 Å². The van der Waals surface area contributed by atoms with Crippen LogP contribution < -0.4 is 4.74 Å². The molecule has 2 atom stereocenters. The molecule has 0 radical (unpaired) electrons. The molecule has 0 saturated carbocycles. The second kappa shape index (κ2) is 7.46. The third-order valence-corrected chi connectivity index (χ3v) is 4.45. The van der Waals surface area contributed by atoms with Crippen molar-refractivity contribution >= 4 is 0 Å². The molecular weight excluding hydrogens is 272 g/mol. The molecule has 3 rings (SSSR count). The molecule has 22 heavy (non-hydrogen) atoms. The maximum absolute atomic E-state index is 6.00. The first-order valence-electron chi connectivity index (χ1n) is 8.23. The van der Waals surface area contributed by atoms with Gasteiger partial charge in [-0.2, -0.15) is 0 Å². The molecule has 0 spiro atoms. The zero-order valence-electron chi connectivity index (χ0n) is 13.2. The van der Waals surface area contributed by atoms with E-state index < -0.39 is 0 Å². The summed E-state index contributed by atoms with van der Waals surface area (Å²) in [6.45, 7) is 3.75. The molecule has 116 valence electrons. The molecule has 1 saturated heterocycles. The van der Waals surface area contributed by atoms with E-state index >= 15 is 0 Å². The molecule has 1 heterocycles. The van der Waals surface area contributed by atoms with Gasteiger partial charge in [0.05, 0.1) is 12.7 Å². The van der Waals surface area contributed by atoms with Gasteiger partial charge in [-0.05, 0) is 42.0 Å². The van der Waals surface area contributed by atoms with Crippen molar-refractivity contribution in [2.24, 2.45) is 5.92 Å². The highest BCUT2D eigenvalue weighted by Crippen LogP contribution is 2.32. The highest BCUT2D eigenvalue weighted by atomic mass is 16.5. The number of ether oxygens (including phenoxy) is 2. The van der Waals surface area contributed by atoms with Crippen LogP contribution in [0.4, 0.5) is 0 Å². The summed E-state index contributed by atoms with van der Waals surface area (Å²) >= 11 is 0. The van der Waals surface area contributed by atoms with Crippen LogP contribution in [0.25, 0.3) is 0 Å². The van der Waals surface area contributed by atoms with E-state index in [1.54, 1.807) is 0 Å². The molecule has 2 nitrogen and oxygen atoms in total. The van der Waals surface area contributed by atoms with Gasteiger partial charge in [0.2, 0.25) is 0 Å². The minimum Gasteiger partial charge on any atom is -0.489 e. The Morgan fingerprint density at radius 3 is 2.41 bits per heavy atom. The molecule has 0 amide bonds. The Morgan fingerprint density at radius 2 is 1.77 bits per heavy atom. The zero-order chi connectivity index (χ0) is 15.2. The molecule has 0 N–H and O–H groups in total. The first-order chi connectivity index (χ1) is 10.8. The Morgan fingerprint density at radius 1 is 1.00 bits per heavy atom. The maximum Gasteiger partial charge on any atom is 0.119 e. The predicted octanol–water partition coefficient (Wildman–Crippen LogP) is 5.14. The Balaban J connectivity index is 1.54. The van der Waals surface area contributed by atoms with Crippen molar-refractivity contribution in [1.29, 1.82) is 0 Å². The molecule has 0 aromatic heterocycles. The maximum atomic E-state index is 6.00. The standard InChI is InChI=1S/C20H24O2/c1-2-16-8-13-20(22-14-16)18-9-11-19(12-10-18)21-15-17-6-4-3-5-7-17/h3-7,9-12,16,20H,2,8,13-15H2,1H3/t16-,20+/m0/s1. The fourth-order valence-electron chi connectivity index (χ4n) is 2.91. The Bertz CT molecular complexity index is 554. The summed E-state index contributed by atoms with van der Waals surface area (Å²) in [5.41, 5.74) is 2.45. The highest BCUT2D eigenvalue weighted by Gasteiger charge is 2.21. The van der Waals surface area contributed by atoms with E-state index in [9.17, 15) is 0 Å². The van der Waals surface area contributed by atoms with Gasteiger partial charge in [-0.15, -0.1) is 0 Å². The number of rotatable bonds is 5. The van der Waals surface area contributed by atoms with Crippen molar-refractivity contribution in [3.63, 3.8) is 0 Å². The Kier molecular flexibility index (Phi) is 5.12.